The van der Waals surface area contributed by atoms with E-state index in [-0.39, 0.29) is 0 Å². The van der Waals surface area contributed by atoms with Crippen LogP contribution < -0.4 is 5.32 Å². The van der Waals surface area contributed by atoms with Crippen molar-refractivity contribution in [1.82, 2.24) is 4.90 Å². The topological polar surface area (TPSA) is 57.1 Å². The first-order chi connectivity index (χ1) is 8.29. The summed E-state index contributed by atoms with van der Waals surface area (Å²) in [4.78, 5) is 1.92. The maximum Gasteiger partial charge on any atom is 0.240 e. The summed E-state index contributed by atoms with van der Waals surface area (Å²) in [6.07, 6.45) is 0. The van der Waals surface area contributed by atoms with E-state index in [2.05, 4.69) is 10.5 Å². The van der Waals surface area contributed by atoms with Crippen molar-refractivity contribution in [3.05, 3.63) is 29.3 Å². The normalized spacial score (nSPS) is 17.0. The minimum Gasteiger partial charge on any atom is -0.408 e. The maximum absolute atomic E-state index is 9.02. The van der Waals surface area contributed by atoms with Gasteiger partial charge in [-0.3, -0.25) is 0 Å². The molecular weight excluding hydrogens is 242 g/mol. The Labute approximate surface area is 105 Å². The van der Waals surface area contributed by atoms with Gasteiger partial charge in [0.2, 0.25) is 5.96 Å². The van der Waals surface area contributed by atoms with Crippen molar-refractivity contribution in [3.8, 4) is 0 Å². The van der Waals surface area contributed by atoms with Gasteiger partial charge in [0, 0.05) is 23.8 Å². The first-order valence-electron chi connectivity index (χ1n) is 5.37. The van der Waals surface area contributed by atoms with Crippen LogP contribution >= 0.6 is 11.6 Å². The van der Waals surface area contributed by atoms with E-state index in [1.165, 1.54) is 0 Å². The molecule has 0 unspecified atom stereocenters. The molecule has 92 valence electrons. The van der Waals surface area contributed by atoms with E-state index >= 15 is 0 Å². The monoisotopic (exact) mass is 255 g/mol. The van der Waals surface area contributed by atoms with Gasteiger partial charge in [-0.25, -0.2) is 0 Å². The number of nitrogens with one attached hydrogen (secondary N) is 1. The number of rotatable bonds is 1. The van der Waals surface area contributed by atoms with Gasteiger partial charge in [0.15, 0.2) is 0 Å². The quantitative estimate of drug-likeness (QED) is 0.348. The average Bonchev–Trinajstić information content (AvgIpc) is 2.37. The van der Waals surface area contributed by atoms with Crippen LogP contribution in [0.4, 0.5) is 5.69 Å². The van der Waals surface area contributed by atoms with E-state index in [0.717, 1.165) is 5.69 Å². The van der Waals surface area contributed by atoms with E-state index in [1.54, 1.807) is 12.1 Å². The predicted octanol–water partition coefficient (Wildman–Crippen LogP) is 1.83. The molecule has 0 saturated carbocycles. The van der Waals surface area contributed by atoms with E-state index < -0.39 is 0 Å². The minimum absolute atomic E-state index is 0.413. The second kappa shape index (κ2) is 5.75. The summed E-state index contributed by atoms with van der Waals surface area (Å²) in [5, 5.41) is 15.9. The third kappa shape index (κ3) is 3.25. The molecule has 2 N–H and O–H groups in total. The Kier molecular flexibility index (Phi) is 4.06. The molecule has 17 heavy (non-hydrogen) atoms. The molecule has 0 bridgehead atoms. The summed E-state index contributed by atoms with van der Waals surface area (Å²) in [7, 11) is 0. The molecule has 0 spiro atoms. The molecule has 1 heterocycles. The molecule has 5 nitrogen and oxygen atoms in total. The Bertz CT molecular complexity index is 405. The summed E-state index contributed by atoms with van der Waals surface area (Å²) in [6, 6.07) is 7.25. The molecule has 1 aliphatic rings. The highest BCUT2D eigenvalue weighted by atomic mass is 35.5. The fourth-order valence-electron chi connectivity index (χ4n) is 1.64. The lowest BCUT2D eigenvalue weighted by Gasteiger charge is -2.29. The second-order valence-electron chi connectivity index (χ2n) is 3.66. The lowest BCUT2D eigenvalue weighted by Crippen LogP contribution is -2.44. The Morgan fingerprint density at radius 3 is 2.82 bits per heavy atom. The van der Waals surface area contributed by atoms with Crippen LogP contribution in [0, 0.1) is 0 Å². The zero-order valence-corrected chi connectivity index (χ0v) is 10.0. The van der Waals surface area contributed by atoms with Crippen LogP contribution in [0.3, 0.4) is 0 Å². The molecule has 1 saturated heterocycles. The van der Waals surface area contributed by atoms with Gasteiger partial charge < -0.3 is 20.2 Å². The lowest BCUT2D eigenvalue weighted by molar-refractivity contribution is 0.0665. The van der Waals surface area contributed by atoms with Gasteiger partial charge in [0.25, 0.3) is 0 Å². The van der Waals surface area contributed by atoms with Crippen molar-refractivity contribution in [2.75, 3.05) is 31.6 Å². The smallest absolute Gasteiger partial charge is 0.240 e. The molecule has 0 aromatic heterocycles. The number of hydrogen-bond acceptors (Lipinski definition) is 3. The number of benzene rings is 1. The van der Waals surface area contributed by atoms with Crippen molar-refractivity contribution in [2.24, 2.45) is 5.16 Å². The number of halogens is 1. The van der Waals surface area contributed by atoms with Gasteiger partial charge in [0.05, 0.1) is 13.2 Å². The summed E-state index contributed by atoms with van der Waals surface area (Å²) >= 11 is 5.88. The van der Waals surface area contributed by atoms with Crippen LogP contribution in [0.15, 0.2) is 29.4 Å². The van der Waals surface area contributed by atoms with Gasteiger partial charge in [-0.2, -0.15) is 0 Å². The fourth-order valence-corrected chi connectivity index (χ4v) is 1.83. The number of nitrogens with zero attached hydrogens (tertiary/aromatic N) is 2. The van der Waals surface area contributed by atoms with Gasteiger partial charge in [-0.1, -0.05) is 22.8 Å². The Morgan fingerprint density at radius 2 is 2.18 bits per heavy atom. The third-order valence-electron chi connectivity index (χ3n) is 2.49. The van der Waals surface area contributed by atoms with Crippen LogP contribution in [0.2, 0.25) is 5.02 Å². The Balaban J connectivity index is 2.04. The molecule has 1 aromatic carbocycles. The standard InChI is InChI=1S/C11H14ClN3O2/c12-9-2-1-3-10(8-9)13-11(14-16)15-4-6-17-7-5-15/h1-3,8,16H,4-7H2,(H,13,14). The minimum atomic E-state index is 0.413. The van der Waals surface area contributed by atoms with Gasteiger partial charge in [-0.05, 0) is 18.2 Å². The van der Waals surface area contributed by atoms with Gasteiger partial charge in [0.1, 0.15) is 0 Å². The molecule has 1 fully saturated rings. The van der Waals surface area contributed by atoms with Crippen LogP contribution in [-0.4, -0.2) is 42.4 Å². The molecule has 0 radical (unpaired) electrons. The van der Waals surface area contributed by atoms with Crippen molar-refractivity contribution in [3.63, 3.8) is 0 Å². The van der Waals surface area contributed by atoms with Crippen molar-refractivity contribution < 1.29 is 9.94 Å². The molecule has 0 atom stereocenters. The molecule has 6 heteroatoms. The zero-order valence-electron chi connectivity index (χ0n) is 9.27. The van der Waals surface area contributed by atoms with Crippen molar-refractivity contribution in [2.45, 2.75) is 0 Å². The zero-order chi connectivity index (χ0) is 12.1. The summed E-state index contributed by atoms with van der Waals surface area (Å²) < 4.78 is 5.24. The van der Waals surface area contributed by atoms with E-state index in [0.29, 0.717) is 37.3 Å². The van der Waals surface area contributed by atoms with E-state index in [4.69, 9.17) is 21.5 Å². The average molecular weight is 256 g/mol. The highest BCUT2D eigenvalue weighted by molar-refractivity contribution is 6.30. The Hall–Kier alpha value is -1.46. The molecule has 2 rings (SSSR count). The number of anilines is 1. The maximum atomic E-state index is 9.02. The molecule has 0 amide bonds. The molecule has 1 aliphatic heterocycles. The molecular formula is C11H14ClN3O2. The highest BCUT2D eigenvalue weighted by Crippen LogP contribution is 2.15. The number of oxime groups is 1. The lowest BCUT2D eigenvalue weighted by atomic mass is 10.3. The number of hydrogen-bond donors (Lipinski definition) is 2. The highest BCUT2D eigenvalue weighted by Gasteiger charge is 2.15. The first-order valence-corrected chi connectivity index (χ1v) is 5.75. The fraction of sp³-hybridized carbons (Fsp3) is 0.364. The van der Waals surface area contributed by atoms with Gasteiger partial charge >= 0.3 is 0 Å². The summed E-state index contributed by atoms with van der Waals surface area (Å²) in [5.74, 6) is 0.413. The Morgan fingerprint density at radius 1 is 1.41 bits per heavy atom. The number of morpholine rings is 1. The van der Waals surface area contributed by atoms with E-state index in [1.807, 2.05) is 17.0 Å². The van der Waals surface area contributed by atoms with Crippen LogP contribution in [0.25, 0.3) is 0 Å². The first kappa shape index (κ1) is 12.0. The summed E-state index contributed by atoms with van der Waals surface area (Å²) in [6.45, 7) is 2.67. The molecule has 1 aromatic rings. The van der Waals surface area contributed by atoms with Crippen molar-refractivity contribution in [1.29, 1.82) is 0 Å². The van der Waals surface area contributed by atoms with Crippen LogP contribution in [0.1, 0.15) is 0 Å². The predicted molar refractivity (Wildman–Crippen MR) is 66.7 cm³/mol. The van der Waals surface area contributed by atoms with Crippen molar-refractivity contribution >= 4 is 23.2 Å². The van der Waals surface area contributed by atoms with E-state index in [9.17, 15) is 0 Å². The van der Waals surface area contributed by atoms with Crippen LogP contribution in [0.5, 0.6) is 0 Å². The van der Waals surface area contributed by atoms with Crippen LogP contribution in [-0.2, 0) is 4.74 Å². The second-order valence-corrected chi connectivity index (χ2v) is 4.09. The molecule has 0 aliphatic carbocycles. The summed E-state index contributed by atoms with van der Waals surface area (Å²) in [5.41, 5.74) is 0.789. The third-order valence-corrected chi connectivity index (χ3v) is 2.72. The SMILES string of the molecule is O/N=C(/Nc1cccc(Cl)c1)N1CCOCC1. The number of ether oxygens (including phenoxy) is 1. The largest absolute Gasteiger partial charge is 0.408 e. The van der Waals surface area contributed by atoms with Gasteiger partial charge in [-0.15, -0.1) is 0 Å². The number of guanidine groups is 1.